The van der Waals surface area contributed by atoms with Gasteiger partial charge in [-0.3, -0.25) is 4.99 Å². The summed E-state index contributed by atoms with van der Waals surface area (Å²) in [6, 6.07) is 5.76. The van der Waals surface area contributed by atoms with Gasteiger partial charge in [-0.15, -0.1) is 35.3 Å². The van der Waals surface area contributed by atoms with Crippen molar-refractivity contribution in [3.8, 4) is 11.5 Å². The minimum Gasteiger partial charge on any atom is -0.493 e. The fourth-order valence-corrected chi connectivity index (χ4v) is 3.47. The molecule has 2 N–H and O–H groups in total. The molecule has 2 rings (SSSR count). The molecule has 27 heavy (non-hydrogen) atoms. The number of ether oxygens (including phenoxy) is 2. The third kappa shape index (κ3) is 7.17. The van der Waals surface area contributed by atoms with Gasteiger partial charge in [0, 0.05) is 36.1 Å². The number of thiazole rings is 1. The quantitative estimate of drug-likeness (QED) is 0.317. The molecule has 0 saturated heterocycles. The molecule has 6 nitrogen and oxygen atoms in total. The fourth-order valence-electron chi connectivity index (χ4n) is 2.54. The number of methoxy groups -OCH3 is 1. The Morgan fingerprint density at radius 3 is 2.59 bits per heavy atom. The lowest BCUT2D eigenvalue weighted by Crippen LogP contribution is -2.30. The first-order valence-corrected chi connectivity index (χ1v) is 9.68. The normalized spacial score (nSPS) is 10.9. The number of nitrogens with zero attached hydrogens (tertiary/aromatic N) is 2. The molecule has 0 amide bonds. The Morgan fingerprint density at radius 2 is 2.00 bits per heavy atom. The molecule has 0 aliphatic carbocycles. The van der Waals surface area contributed by atoms with Gasteiger partial charge >= 0.3 is 0 Å². The lowest BCUT2D eigenvalue weighted by atomic mass is 10.2. The van der Waals surface area contributed by atoms with Crippen LogP contribution in [-0.2, 0) is 6.42 Å². The lowest BCUT2D eigenvalue weighted by molar-refractivity contribution is 0.311. The van der Waals surface area contributed by atoms with Crippen molar-refractivity contribution in [3.63, 3.8) is 0 Å². The van der Waals surface area contributed by atoms with Gasteiger partial charge in [-0.05, 0) is 39.8 Å². The van der Waals surface area contributed by atoms with Crippen molar-refractivity contribution in [2.24, 2.45) is 4.99 Å². The maximum absolute atomic E-state index is 5.63. The van der Waals surface area contributed by atoms with Crippen LogP contribution in [0.4, 0.5) is 5.69 Å². The number of hydrogen-bond donors (Lipinski definition) is 2. The highest BCUT2D eigenvalue weighted by atomic mass is 127. The molecule has 0 aliphatic rings. The Hall–Kier alpha value is -1.55. The highest BCUT2D eigenvalue weighted by Gasteiger charge is 2.08. The molecule has 0 bridgehead atoms. The van der Waals surface area contributed by atoms with Crippen LogP contribution >= 0.6 is 35.3 Å². The van der Waals surface area contributed by atoms with E-state index < -0.39 is 0 Å². The van der Waals surface area contributed by atoms with Gasteiger partial charge in [0.1, 0.15) is 0 Å². The molecular weight excluding hydrogens is 475 g/mol. The molecule has 1 aromatic heterocycles. The molecule has 150 valence electrons. The number of anilines is 1. The van der Waals surface area contributed by atoms with E-state index in [0.29, 0.717) is 18.9 Å². The number of guanidine groups is 1. The summed E-state index contributed by atoms with van der Waals surface area (Å²) in [4.78, 5) is 10.4. The molecule has 0 aliphatic heterocycles. The van der Waals surface area contributed by atoms with Crippen LogP contribution in [0.2, 0.25) is 0 Å². The number of benzene rings is 1. The van der Waals surface area contributed by atoms with Gasteiger partial charge in [0.2, 0.25) is 0 Å². The second-order valence-electron chi connectivity index (χ2n) is 5.68. The van der Waals surface area contributed by atoms with Crippen LogP contribution in [0, 0.1) is 13.8 Å². The van der Waals surface area contributed by atoms with E-state index in [9.17, 15) is 0 Å². The fraction of sp³-hybridized carbons (Fsp3) is 0.474. The Balaban J connectivity index is 0.00000364. The molecule has 8 heteroatoms. The molecule has 2 aromatic rings. The van der Waals surface area contributed by atoms with Gasteiger partial charge < -0.3 is 20.1 Å². The molecule has 0 radical (unpaired) electrons. The van der Waals surface area contributed by atoms with E-state index in [4.69, 9.17) is 9.47 Å². The van der Waals surface area contributed by atoms with E-state index in [2.05, 4.69) is 27.5 Å². The second-order valence-corrected chi connectivity index (χ2v) is 6.96. The van der Waals surface area contributed by atoms with Gasteiger partial charge in [0.25, 0.3) is 0 Å². The second kappa shape index (κ2) is 12.0. The minimum atomic E-state index is 0. The van der Waals surface area contributed by atoms with Gasteiger partial charge in [-0.25, -0.2) is 4.98 Å². The van der Waals surface area contributed by atoms with E-state index in [0.717, 1.165) is 41.1 Å². The lowest BCUT2D eigenvalue weighted by Gasteiger charge is -2.14. The van der Waals surface area contributed by atoms with Crippen LogP contribution in [0.3, 0.4) is 0 Å². The van der Waals surface area contributed by atoms with Crippen molar-refractivity contribution in [1.82, 2.24) is 10.3 Å². The maximum Gasteiger partial charge on any atom is 0.195 e. The van der Waals surface area contributed by atoms with Crippen molar-refractivity contribution in [1.29, 1.82) is 0 Å². The third-order valence-corrected chi connectivity index (χ3v) is 4.81. The SMILES string of the molecule is CCNC(=NCCc1sc(C)nc1C)Nc1ccc(OC)c(OCC)c1.I. The number of nitrogens with one attached hydrogen (secondary N) is 2. The first-order valence-electron chi connectivity index (χ1n) is 8.86. The monoisotopic (exact) mass is 504 g/mol. The Kier molecular flexibility index (Phi) is 10.5. The zero-order valence-corrected chi connectivity index (χ0v) is 19.7. The van der Waals surface area contributed by atoms with Crippen LogP contribution in [0.25, 0.3) is 0 Å². The van der Waals surface area contributed by atoms with E-state index in [-0.39, 0.29) is 24.0 Å². The standard InChI is InChI=1S/C19H28N4O2S.HI/c1-6-20-19(21-11-10-18-13(3)22-14(4)26-18)23-15-8-9-16(24-5)17(12-15)25-7-2;/h8-9,12H,6-7,10-11H2,1-5H3,(H2,20,21,23);1H. The number of aryl methyl sites for hydroxylation is 2. The minimum absolute atomic E-state index is 0. The van der Waals surface area contributed by atoms with Crippen LogP contribution in [-0.4, -0.2) is 37.7 Å². The van der Waals surface area contributed by atoms with Crippen LogP contribution in [0.15, 0.2) is 23.2 Å². The summed E-state index contributed by atoms with van der Waals surface area (Å²) >= 11 is 1.74. The van der Waals surface area contributed by atoms with Crippen molar-refractivity contribution in [2.75, 3.05) is 32.1 Å². The van der Waals surface area contributed by atoms with E-state index >= 15 is 0 Å². The Bertz CT molecular complexity index is 749. The smallest absolute Gasteiger partial charge is 0.195 e. The summed E-state index contributed by atoms with van der Waals surface area (Å²) in [5.74, 6) is 2.18. The molecular formula is C19H29IN4O2S. The van der Waals surface area contributed by atoms with Gasteiger partial charge in [0.15, 0.2) is 17.5 Å². The van der Waals surface area contributed by atoms with Gasteiger partial charge in [0.05, 0.1) is 24.4 Å². The number of rotatable bonds is 8. The summed E-state index contributed by atoms with van der Waals surface area (Å²) in [5.41, 5.74) is 2.01. The van der Waals surface area contributed by atoms with Gasteiger partial charge in [-0.2, -0.15) is 0 Å². The Morgan fingerprint density at radius 1 is 1.22 bits per heavy atom. The highest BCUT2D eigenvalue weighted by molar-refractivity contribution is 14.0. The summed E-state index contributed by atoms with van der Waals surface area (Å²) in [6.07, 6.45) is 0.890. The summed E-state index contributed by atoms with van der Waals surface area (Å²) in [6.45, 7) is 10.2. The van der Waals surface area contributed by atoms with E-state index in [1.54, 1.807) is 18.4 Å². The molecule has 1 heterocycles. The molecule has 0 unspecified atom stereocenters. The molecule has 0 saturated carbocycles. The highest BCUT2D eigenvalue weighted by Crippen LogP contribution is 2.30. The first-order chi connectivity index (χ1) is 12.6. The molecule has 0 atom stereocenters. The zero-order valence-electron chi connectivity index (χ0n) is 16.6. The number of halogens is 1. The Labute approximate surface area is 182 Å². The number of aliphatic imine (C=N–C) groups is 1. The number of aromatic nitrogens is 1. The third-order valence-electron chi connectivity index (χ3n) is 3.68. The first kappa shape index (κ1) is 23.5. The predicted molar refractivity (Wildman–Crippen MR) is 124 cm³/mol. The topological polar surface area (TPSA) is 67.8 Å². The van der Waals surface area contributed by atoms with Crippen molar-refractivity contribution >= 4 is 47.0 Å². The average molecular weight is 504 g/mol. The number of hydrogen-bond acceptors (Lipinski definition) is 5. The summed E-state index contributed by atoms with van der Waals surface area (Å²) < 4.78 is 11.0. The van der Waals surface area contributed by atoms with Crippen LogP contribution in [0.5, 0.6) is 11.5 Å². The largest absolute Gasteiger partial charge is 0.493 e. The summed E-state index contributed by atoms with van der Waals surface area (Å²) in [5, 5.41) is 7.70. The van der Waals surface area contributed by atoms with Crippen LogP contribution in [0.1, 0.15) is 29.4 Å². The van der Waals surface area contributed by atoms with Crippen molar-refractivity contribution in [2.45, 2.75) is 34.1 Å². The van der Waals surface area contributed by atoms with Crippen molar-refractivity contribution in [3.05, 3.63) is 33.8 Å². The zero-order chi connectivity index (χ0) is 18.9. The van der Waals surface area contributed by atoms with E-state index in [1.807, 2.05) is 39.0 Å². The maximum atomic E-state index is 5.63. The average Bonchev–Trinajstić information content (AvgIpc) is 2.93. The molecule has 1 aromatic carbocycles. The van der Waals surface area contributed by atoms with E-state index in [1.165, 1.54) is 4.88 Å². The molecule has 0 spiro atoms. The van der Waals surface area contributed by atoms with Crippen molar-refractivity contribution < 1.29 is 9.47 Å². The van der Waals surface area contributed by atoms with Crippen LogP contribution < -0.4 is 20.1 Å². The summed E-state index contributed by atoms with van der Waals surface area (Å²) in [7, 11) is 1.64. The predicted octanol–water partition coefficient (Wildman–Crippen LogP) is 4.41. The van der Waals surface area contributed by atoms with Gasteiger partial charge in [-0.1, -0.05) is 0 Å². The molecule has 0 fully saturated rings.